The van der Waals surface area contributed by atoms with Crippen molar-refractivity contribution in [2.75, 3.05) is 32.8 Å². The van der Waals surface area contributed by atoms with Crippen molar-refractivity contribution < 1.29 is 14.6 Å². The number of hydrogen-bond donors (Lipinski definition) is 2. The fraction of sp³-hybridized carbons (Fsp3) is 0.533. The normalized spacial score (nSPS) is 22.9. The van der Waals surface area contributed by atoms with E-state index in [9.17, 15) is 9.90 Å². The van der Waals surface area contributed by atoms with Crippen LogP contribution in [0.4, 0.5) is 0 Å². The molecule has 0 aromatic heterocycles. The van der Waals surface area contributed by atoms with Crippen LogP contribution in [0.3, 0.4) is 0 Å². The summed E-state index contributed by atoms with van der Waals surface area (Å²) in [6.45, 7) is 3.26. The van der Waals surface area contributed by atoms with Gasteiger partial charge in [0.25, 0.3) is 0 Å². The van der Waals surface area contributed by atoms with E-state index < -0.39 is 5.60 Å². The van der Waals surface area contributed by atoms with E-state index in [1.165, 1.54) is 0 Å². The summed E-state index contributed by atoms with van der Waals surface area (Å²) in [7, 11) is 0. The van der Waals surface area contributed by atoms with Crippen LogP contribution in [0.1, 0.15) is 11.1 Å². The van der Waals surface area contributed by atoms with Gasteiger partial charge in [-0.25, -0.2) is 0 Å². The first kappa shape index (κ1) is 15.0. The van der Waals surface area contributed by atoms with Gasteiger partial charge in [-0.15, -0.1) is 0 Å². The van der Waals surface area contributed by atoms with E-state index in [0.717, 1.165) is 11.1 Å². The van der Waals surface area contributed by atoms with Gasteiger partial charge in [-0.05, 0) is 18.1 Å². The van der Waals surface area contributed by atoms with Gasteiger partial charge in [-0.1, -0.05) is 24.3 Å². The van der Waals surface area contributed by atoms with E-state index in [0.29, 0.717) is 26.1 Å². The smallest absolute Gasteiger partial charge is 0.236 e. The second-order valence-electron chi connectivity index (χ2n) is 5.31. The van der Waals surface area contributed by atoms with Crippen molar-refractivity contribution in [3.63, 3.8) is 0 Å². The molecule has 110 valence electrons. The van der Waals surface area contributed by atoms with Gasteiger partial charge in [0.1, 0.15) is 5.60 Å². The van der Waals surface area contributed by atoms with Crippen LogP contribution in [0, 0.1) is 6.92 Å². The summed E-state index contributed by atoms with van der Waals surface area (Å²) in [5.41, 5.74) is 6.97. The highest BCUT2D eigenvalue weighted by Gasteiger charge is 2.38. The Hall–Kier alpha value is -1.43. The molecule has 1 atom stereocenters. The van der Waals surface area contributed by atoms with E-state index in [4.69, 9.17) is 10.5 Å². The molecule has 2 rings (SSSR count). The second-order valence-corrected chi connectivity index (χ2v) is 5.31. The molecule has 1 amide bonds. The number of carbonyl (C=O) groups is 1. The lowest BCUT2D eigenvalue weighted by atomic mass is 9.91. The average Bonchev–Trinajstić information content (AvgIpc) is 2.49. The van der Waals surface area contributed by atoms with Crippen molar-refractivity contribution >= 4 is 5.91 Å². The van der Waals surface area contributed by atoms with Crippen LogP contribution in [-0.4, -0.2) is 54.4 Å². The average molecular weight is 278 g/mol. The zero-order valence-electron chi connectivity index (χ0n) is 11.8. The van der Waals surface area contributed by atoms with Gasteiger partial charge in [-0.3, -0.25) is 4.79 Å². The number of ether oxygens (including phenoxy) is 1. The number of amides is 1. The maximum Gasteiger partial charge on any atom is 0.236 e. The molecule has 5 nitrogen and oxygen atoms in total. The zero-order valence-corrected chi connectivity index (χ0v) is 11.8. The first-order chi connectivity index (χ1) is 9.60. The van der Waals surface area contributed by atoms with Crippen molar-refractivity contribution in [1.82, 2.24) is 4.90 Å². The molecular weight excluding hydrogens is 256 g/mol. The van der Waals surface area contributed by atoms with E-state index in [1.807, 2.05) is 31.2 Å². The molecule has 0 bridgehead atoms. The third kappa shape index (κ3) is 3.17. The Bertz CT molecular complexity index is 478. The standard InChI is InChI=1S/C15H22N2O3/c1-12-4-2-3-5-13(12)8-15(11-18)10-17(6-7-20-15)14(19)9-16/h2-5,18H,6-11,16H2,1H3/t15-/m1/s1. The van der Waals surface area contributed by atoms with Gasteiger partial charge in [0.05, 0.1) is 26.3 Å². The minimum atomic E-state index is -0.727. The van der Waals surface area contributed by atoms with E-state index in [2.05, 4.69) is 0 Å². The molecule has 1 aromatic rings. The SMILES string of the molecule is Cc1ccccc1C[C@]1(CO)CN(C(=O)CN)CCO1. The van der Waals surface area contributed by atoms with Gasteiger partial charge in [0.15, 0.2) is 0 Å². The molecule has 1 aliphatic rings. The van der Waals surface area contributed by atoms with Crippen molar-refractivity contribution in [2.45, 2.75) is 18.9 Å². The molecule has 1 heterocycles. The molecule has 1 saturated heterocycles. The lowest BCUT2D eigenvalue weighted by Crippen LogP contribution is -2.57. The lowest BCUT2D eigenvalue weighted by Gasteiger charge is -2.42. The Morgan fingerprint density at radius 1 is 1.50 bits per heavy atom. The van der Waals surface area contributed by atoms with Crippen LogP contribution in [0.25, 0.3) is 0 Å². The number of aliphatic hydroxyl groups excluding tert-OH is 1. The molecule has 0 radical (unpaired) electrons. The fourth-order valence-electron chi connectivity index (χ4n) is 2.60. The molecular formula is C15H22N2O3. The number of rotatable bonds is 4. The lowest BCUT2D eigenvalue weighted by molar-refractivity contribution is -0.156. The first-order valence-electron chi connectivity index (χ1n) is 6.87. The highest BCUT2D eigenvalue weighted by Crippen LogP contribution is 2.24. The third-order valence-corrected chi connectivity index (χ3v) is 3.84. The highest BCUT2D eigenvalue weighted by molar-refractivity contribution is 5.78. The molecule has 20 heavy (non-hydrogen) atoms. The zero-order chi connectivity index (χ0) is 14.6. The number of aliphatic hydroxyl groups is 1. The topological polar surface area (TPSA) is 75.8 Å². The Labute approximate surface area is 119 Å². The predicted molar refractivity (Wildman–Crippen MR) is 76.3 cm³/mol. The molecule has 0 saturated carbocycles. The van der Waals surface area contributed by atoms with Crippen LogP contribution < -0.4 is 5.73 Å². The quantitative estimate of drug-likeness (QED) is 0.818. The Kier molecular flexibility index (Phi) is 4.75. The van der Waals surface area contributed by atoms with Gasteiger partial charge < -0.3 is 20.5 Å². The Morgan fingerprint density at radius 2 is 2.25 bits per heavy atom. The summed E-state index contributed by atoms with van der Waals surface area (Å²) in [6.07, 6.45) is 0.588. The first-order valence-corrected chi connectivity index (χ1v) is 6.87. The molecule has 0 spiro atoms. The van der Waals surface area contributed by atoms with E-state index in [1.54, 1.807) is 4.90 Å². The number of hydrogen-bond acceptors (Lipinski definition) is 4. The molecule has 1 fully saturated rings. The number of nitrogens with zero attached hydrogens (tertiary/aromatic N) is 1. The largest absolute Gasteiger partial charge is 0.393 e. The van der Waals surface area contributed by atoms with Crippen LogP contribution >= 0.6 is 0 Å². The van der Waals surface area contributed by atoms with Crippen LogP contribution in [0.15, 0.2) is 24.3 Å². The minimum Gasteiger partial charge on any atom is -0.393 e. The third-order valence-electron chi connectivity index (χ3n) is 3.84. The van der Waals surface area contributed by atoms with Crippen LogP contribution in [0.2, 0.25) is 0 Å². The highest BCUT2D eigenvalue weighted by atomic mass is 16.5. The van der Waals surface area contributed by atoms with Crippen molar-refractivity contribution in [1.29, 1.82) is 0 Å². The van der Waals surface area contributed by atoms with E-state index >= 15 is 0 Å². The molecule has 3 N–H and O–H groups in total. The molecule has 1 aromatic carbocycles. The van der Waals surface area contributed by atoms with Gasteiger partial charge in [0.2, 0.25) is 5.91 Å². The maximum atomic E-state index is 11.8. The van der Waals surface area contributed by atoms with Gasteiger partial charge in [-0.2, -0.15) is 0 Å². The van der Waals surface area contributed by atoms with Gasteiger partial charge in [0, 0.05) is 13.0 Å². The number of carbonyl (C=O) groups excluding carboxylic acids is 1. The van der Waals surface area contributed by atoms with Crippen molar-refractivity contribution in [2.24, 2.45) is 5.73 Å². The summed E-state index contributed by atoms with van der Waals surface area (Å²) in [5.74, 6) is -0.101. The van der Waals surface area contributed by atoms with E-state index in [-0.39, 0.29) is 19.1 Å². The number of morpholine rings is 1. The van der Waals surface area contributed by atoms with Crippen molar-refractivity contribution in [3.05, 3.63) is 35.4 Å². The monoisotopic (exact) mass is 278 g/mol. The molecule has 1 aliphatic heterocycles. The Morgan fingerprint density at radius 3 is 2.90 bits per heavy atom. The molecule has 0 unspecified atom stereocenters. The number of nitrogens with two attached hydrogens (primary N) is 1. The molecule has 0 aliphatic carbocycles. The summed E-state index contributed by atoms with van der Waals surface area (Å²) in [5, 5.41) is 9.77. The Balaban J connectivity index is 2.17. The van der Waals surface area contributed by atoms with Crippen LogP contribution in [0.5, 0.6) is 0 Å². The van der Waals surface area contributed by atoms with Crippen molar-refractivity contribution in [3.8, 4) is 0 Å². The minimum absolute atomic E-state index is 0.00806. The van der Waals surface area contributed by atoms with Gasteiger partial charge >= 0.3 is 0 Å². The summed E-state index contributed by atoms with van der Waals surface area (Å²) >= 11 is 0. The predicted octanol–water partition coefficient (Wildman–Crippen LogP) is 0.0861. The summed E-state index contributed by atoms with van der Waals surface area (Å²) < 4.78 is 5.81. The maximum absolute atomic E-state index is 11.8. The summed E-state index contributed by atoms with van der Waals surface area (Å²) in [6, 6.07) is 8.02. The van der Waals surface area contributed by atoms with Crippen LogP contribution in [-0.2, 0) is 16.0 Å². The number of benzene rings is 1. The molecule has 5 heteroatoms. The second kappa shape index (κ2) is 6.35. The number of aryl methyl sites for hydroxylation is 1. The fourth-order valence-corrected chi connectivity index (χ4v) is 2.60. The summed E-state index contributed by atoms with van der Waals surface area (Å²) in [4.78, 5) is 13.4.